The lowest BCUT2D eigenvalue weighted by atomic mass is 10.1. The summed E-state index contributed by atoms with van der Waals surface area (Å²) in [5.41, 5.74) is -0.283. The van der Waals surface area contributed by atoms with Crippen LogP contribution >= 0.6 is 0 Å². The molecule has 11 nitrogen and oxygen atoms in total. The number of amides is 3. The predicted octanol–water partition coefficient (Wildman–Crippen LogP) is 1.02. The Labute approximate surface area is 198 Å². The number of nitrogens with one attached hydrogen (secondary N) is 2. The monoisotopic (exact) mass is 494 g/mol. The summed E-state index contributed by atoms with van der Waals surface area (Å²) >= 11 is 0. The standard InChI is InChI=1S/C22H30N4O7S/c1-22(2,3)33-21(30)25-9-7-15(8-10-25)24-34(31,32)17-6-4-5-16(13-17)23-18-14-19(28)26(11-12-27)20(18)29/h4-6,13-15,23-24,27H,7-12H2,1-3H3. The Kier molecular flexibility index (Phi) is 7.64. The SMILES string of the molecule is CC(C)(C)OC(=O)N1CCC(NS(=O)(=O)c2cccc(NC3=CC(=O)N(CCO)C3=O)c2)CC1. The van der Waals surface area contributed by atoms with Crippen LogP contribution in [0.5, 0.6) is 0 Å². The van der Waals surface area contributed by atoms with Crippen LogP contribution in [-0.4, -0.2) is 79.1 Å². The maximum absolute atomic E-state index is 12.9. The van der Waals surface area contributed by atoms with Gasteiger partial charge in [0.05, 0.1) is 18.0 Å². The Bertz CT molecular complexity index is 1090. The van der Waals surface area contributed by atoms with E-state index in [0.29, 0.717) is 31.6 Å². The Morgan fingerprint density at radius 1 is 1.21 bits per heavy atom. The molecule has 0 spiro atoms. The van der Waals surface area contributed by atoms with Crippen LogP contribution in [0.2, 0.25) is 0 Å². The zero-order valence-electron chi connectivity index (χ0n) is 19.4. The molecule has 12 heteroatoms. The Morgan fingerprint density at radius 2 is 1.88 bits per heavy atom. The second kappa shape index (κ2) is 10.1. The number of benzene rings is 1. The van der Waals surface area contributed by atoms with E-state index in [1.807, 2.05) is 0 Å². The average molecular weight is 495 g/mol. The minimum atomic E-state index is -3.87. The fourth-order valence-electron chi connectivity index (χ4n) is 3.60. The third-order valence-corrected chi connectivity index (χ3v) is 6.74. The van der Waals surface area contributed by atoms with Crippen LogP contribution < -0.4 is 10.0 Å². The summed E-state index contributed by atoms with van der Waals surface area (Å²) in [7, 11) is -3.87. The van der Waals surface area contributed by atoms with Crippen molar-refractivity contribution in [1.29, 1.82) is 0 Å². The molecule has 0 saturated carbocycles. The topological polar surface area (TPSA) is 145 Å². The number of carbonyl (C=O) groups is 3. The molecule has 3 rings (SSSR count). The van der Waals surface area contributed by atoms with E-state index in [4.69, 9.17) is 9.84 Å². The van der Waals surface area contributed by atoms with Crippen molar-refractivity contribution in [3.05, 3.63) is 36.0 Å². The first kappa shape index (κ1) is 25.7. The van der Waals surface area contributed by atoms with E-state index in [2.05, 4.69) is 10.0 Å². The van der Waals surface area contributed by atoms with Crippen LogP contribution in [0.15, 0.2) is 40.9 Å². The van der Waals surface area contributed by atoms with Gasteiger partial charge in [0.1, 0.15) is 11.3 Å². The van der Waals surface area contributed by atoms with Crippen LogP contribution in [0, 0.1) is 0 Å². The first-order valence-electron chi connectivity index (χ1n) is 11.0. The number of sulfonamides is 1. The molecule has 1 fully saturated rings. The molecule has 1 aromatic rings. The first-order chi connectivity index (χ1) is 15.9. The van der Waals surface area contributed by atoms with Crippen LogP contribution in [0.3, 0.4) is 0 Å². The number of hydrogen-bond acceptors (Lipinski definition) is 8. The summed E-state index contributed by atoms with van der Waals surface area (Å²) in [5, 5.41) is 11.8. The number of anilines is 1. The highest BCUT2D eigenvalue weighted by Crippen LogP contribution is 2.22. The molecule has 0 aliphatic carbocycles. The minimum Gasteiger partial charge on any atom is -0.444 e. The molecule has 186 valence electrons. The van der Waals surface area contributed by atoms with Gasteiger partial charge in [-0.3, -0.25) is 14.5 Å². The number of aliphatic hydroxyl groups excluding tert-OH is 1. The molecule has 0 aromatic heterocycles. The van der Waals surface area contributed by atoms with Crippen molar-refractivity contribution >= 4 is 33.6 Å². The number of aliphatic hydroxyl groups is 1. The minimum absolute atomic E-state index is 0.00309. The lowest BCUT2D eigenvalue weighted by Gasteiger charge is -2.33. The van der Waals surface area contributed by atoms with E-state index >= 15 is 0 Å². The number of carbonyl (C=O) groups excluding carboxylic acids is 3. The number of imide groups is 1. The number of hydrogen-bond donors (Lipinski definition) is 3. The zero-order chi connectivity index (χ0) is 25.1. The highest BCUT2D eigenvalue weighted by molar-refractivity contribution is 7.89. The Hall–Kier alpha value is -2.96. The Balaban J connectivity index is 1.61. The van der Waals surface area contributed by atoms with E-state index < -0.39 is 33.5 Å². The highest BCUT2D eigenvalue weighted by atomic mass is 32.2. The highest BCUT2D eigenvalue weighted by Gasteiger charge is 2.31. The second-order valence-electron chi connectivity index (χ2n) is 9.09. The van der Waals surface area contributed by atoms with E-state index in [9.17, 15) is 22.8 Å². The molecule has 2 aliphatic heterocycles. The summed E-state index contributed by atoms with van der Waals surface area (Å²) in [4.78, 5) is 38.9. The van der Waals surface area contributed by atoms with Gasteiger partial charge in [0.25, 0.3) is 11.8 Å². The van der Waals surface area contributed by atoms with Crippen molar-refractivity contribution in [3.8, 4) is 0 Å². The third-order valence-electron chi connectivity index (χ3n) is 5.22. The number of piperidine rings is 1. The number of rotatable bonds is 7. The first-order valence-corrected chi connectivity index (χ1v) is 12.4. The number of β-amino-alcohol motifs (C(OH)–C–C–N with tert-alkyl or cyclic N) is 1. The number of ether oxygens (including phenoxy) is 1. The van der Waals surface area contributed by atoms with Crippen LogP contribution in [0.4, 0.5) is 10.5 Å². The van der Waals surface area contributed by atoms with Gasteiger partial charge < -0.3 is 20.1 Å². The quantitative estimate of drug-likeness (QED) is 0.477. The molecular weight excluding hydrogens is 464 g/mol. The number of likely N-dealkylation sites (tertiary alicyclic amines) is 1. The predicted molar refractivity (Wildman–Crippen MR) is 123 cm³/mol. The van der Waals surface area contributed by atoms with Crippen molar-refractivity contribution in [1.82, 2.24) is 14.5 Å². The molecule has 0 atom stereocenters. The molecule has 3 amide bonds. The van der Waals surface area contributed by atoms with Gasteiger partial charge in [0.2, 0.25) is 10.0 Å². The number of nitrogens with zero attached hydrogens (tertiary/aromatic N) is 2. The lowest BCUT2D eigenvalue weighted by Crippen LogP contribution is -2.47. The summed E-state index contributed by atoms with van der Waals surface area (Å²) < 4.78 is 33.9. The summed E-state index contributed by atoms with van der Waals surface area (Å²) in [6.07, 6.45) is 1.58. The molecule has 3 N–H and O–H groups in total. The molecule has 34 heavy (non-hydrogen) atoms. The van der Waals surface area contributed by atoms with Crippen molar-refractivity contribution in [2.45, 2.75) is 50.2 Å². The third kappa shape index (κ3) is 6.33. The van der Waals surface area contributed by atoms with Gasteiger partial charge in [-0.15, -0.1) is 0 Å². The maximum atomic E-state index is 12.9. The smallest absolute Gasteiger partial charge is 0.410 e. The fraction of sp³-hybridized carbons (Fsp3) is 0.500. The van der Waals surface area contributed by atoms with Gasteiger partial charge in [-0.25, -0.2) is 17.9 Å². The van der Waals surface area contributed by atoms with E-state index in [1.165, 1.54) is 18.2 Å². The van der Waals surface area contributed by atoms with Gasteiger partial charge in [-0.2, -0.15) is 0 Å². The Morgan fingerprint density at radius 3 is 2.50 bits per heavy atom. The van der Waals surface area contributed by atoms with Crippen molar-refractivity contribution in [2.24, 2.45) is 0 Å². The van der Waals surface area contributed by atoms with E-state index in [-0.39, 0.29) is 29.8 Å². The molecule has 0 bridgehead atoms. The lowest BCUT2D eigenvalue weighted by molar-refractivity contribution is -0.137. The average Bonchev–Trinajstić information content (AvgIpc) is 3.00. The van der Waals surface area contributed by atoms with Crippen molar-refractivity contribution in [3.63, 3.8) is 0 Å². The second-order valence-corrected chi connectivity index (χ2v) is 10.8. The van der Waals surface area contributed by atoms with Gasteiger partial charge in [-0.05, 0) is 51.8 Å². The molecule has 0 radical (unpaired) electrons. The molecule has 2 heterocycles. The fourth-order valence-corrected chi connectivity index (χ4v) is 4.95. The largest absolute Gasteiger partial charge is 0.444 e. The van der Waals surface area contributed by atoms with Crippen molar-refractivity contribution in [2.75, 3.05) is 31.6 Å². The summed E-state index contributed by atoms with van der Waals surface area (Å²) in [6, 6.07) is 5.55. The van der Waals surface area contributed by atoms with Gasteiger partial charge >= 0.3 is 6.09 Å². The van der Waals surface area contributed by atoms with E-state index in [0.717, 1.165) is 11.0 Å². The molecular formula is C22H30N4O7S. The molecule has 1 saturated heterocycles. The van der Waals surface area contributed by atoms with E-state index in [1.54, 1.807) is 31.7 Å². The van der Waals surface area contributed by atoms with Crippen LogP contribution in [0.25, 0.3) is 0 Å². The molecule has 2 aliphatic rings. The summed E-state index contributed by atoms with van der Waals surface area (Å²) in [5.74, 6) is -1.15. The van der Waals surface area contributed by atoms with Gasteiger partial charge in [0.15, 0.2) is 0 Å². The van der Waals surface area contributed by atoms with Crippen LogP contribution in [0.1, 0.15) is 33.6 Å². The zero-order valence-corrected chi connectivity index (χ0v) is 20.2. The van der Waals surface area contributed by atoms with Gasteiger partial charge in [-0.1, -0.05) is 6.07 Å². The maximum Gasteiger partial charge on any atom is 0.410 e. The summed E-state index contributed by atoms with van der Waals surface area (Å²) in [6.45, 7) is 5.64. The normalized spacial score (nSPS) is 17.7. The molecule has 1 aromatic carbocycles. The van der Waals surface area contributed by atoms with Crippen molar-refractivity contribution < 1.29 is 32.6 Å². The van der Waals surface area contributed by atoms with Gasteiger partial charge in [0, 0.05) is 30.9 Å². The molecule has 0 unspecified atom stereocenters. The van der Waals surface area contributed by atoms with Crippen LogP contribution in [-0.2, 0) is 24.3 Å².